The Morgan fingerprint density at radius 2 is 1.76 bits per heavy atom. The summed E-state index contributed by atoms with van der Waals surface area (Å²) in [6, 6.07) is 4.36. The van der Waals surface area contributed by atoms with Crippen molar-refractivity contribution in [2.75, 3.05) is 52.9 Å². The fourth-order valence-electron chi connectivity index (χ4n) is 4.56. The summed E-state index contributed by atoms with van der Waals surface area (Å²) in [5.74, 6) is 1.95. The molecule has 164 valence electrons. The number of guanidine groups is 1. The maximum atomic E-state index is 5.74. The van der Waals surface area contributed by atoms with Gasteiger partial charge in [0.1, 0.15) is 5.76 Å². The number of piperidine rings is 2. The molecule has 29 heavy (non-hydrogen) atoms. The Morgan fingerprint density at radius 3 is 2.45 bits per heavy atom. The topological polar surface area (TPSA) is 56.0 Å². The van der Waals surface area contributed by atoms with Gasteiger partial charge in [-0.1, -0.05) is 19.3 Å². The minimum Gasteiger partial charge on any atom is -0.468 e. The Kier molecular flexibility index (Phi) is 9.87. The second-order valence-corrected chi connectivity index (χ2v) is 8.47. The van der Waals surface area contributed by atoms with Gasteiger partial charge in [0, 0.05) is 20.1 Å². The summed E-state index contributed by atoms with van der Waals surface area (Å²) >= 11 is 0. The van der Waals surface area contributed by atoms with Gasteiger partial charge in [-0.05, 0) is 83.4 Å². The predicted octanol–water partition coefficient (Wildman–Crippen LogP) is 3.63. The fraction of sp³-hybridized carbons (Fsp3) is 0.783. The molecule has 6 heteroatoms. The van der Waals surface area contributed by atoms with Crippen molar-refractivity contribution in [3.63, 3.8) is 0 Å². The average Bonchev–Trinajstić information content (AvgIpc) is 3.31. The molecular weight excluding hydrogens is 362 g/mol. The van der Waals surface area contributed by atoms with E-state index in [2.05, 4.69) is 31.5 Å². The Bertz CT molecular complexity index is 562. The summed E-state index contributed by atoms with van der Waals surface area (Å²) < 4.78 is 5.74. The van der Waals surface area contributed by atoms with E-state index >= 15 is 0 Å². The summed E-state index contributed by atoms with van der Waals surface area (Å²) in [5, 5.41) is 7.01. The Balaban J connectivity index is 1.34. The number of likely N-dealkylation sites (tertiary alicyclic amines) is 2. The van der Waals surface area contributed by atoms with Crippen LogP contribution in [0.4, 0.5) is 0 Å². The first-order valence-corrected chi connectivity index (χ1v) is 11.8. The van der Waals surface area contributed by atoms with Crippen molar-refractivity contribution in [1.29, 1.82) is 0 Å². The lowest BCUT2D eigenvalue weighted by Crippen LogP contribution is -2.44. The maximum Gasteiger partial charge on any atom is 0.191 e. The van der Waals surface area contributed by atoms with E-state index in [0.29, 0.717) is 0 Å². The summed E-state index contributed by atoms with van der Waals surface area (Å²) in [5.41, 5.74) is 0. The Morgan fingerprint density at radius 1 is 1.00 bits per heavy atom. The number of nitrogens with zero attached hydrogens (tertiary/aromatic N) is 3. The van der Waals surface area contributed by atoms with Crippen LogP contribution in [0.2, 0.25) is 0 Å². The van der Waals surface area contributed by atoms with Crippen LogP contribution in [0.1, 0.15) is 69.6 Å². The smallest absolute Gasteiger partial charge is 0.191 e. The fourth-order valence-corrected chi connectivity index (χ4v) is 4.56. The molecule has 1 atom stereocenters. The van der Waals surface area contributed by atoms with Crippen LogP contribution in [-0.4, -0.2) is 68.6 Å². The van der Waals surface area contributed by atoms with E-state index in [4.69, 9.17) is 4.42 Å². The highest BCUT2D eigenvalue weighted by Gasteiger charge is 2.24. The largest absolute Gasteiger partial charge is 0.468 e. The van der Waals surface area contributed by atoms with Crippen LogP contribution in [0.15, 0.2) is 27.8 Å². The van der Waals surface area contributed by atoms with E-state index in [-0.39, 0.29) is 6.04 Å². The monoisotopic (exact) mass is 403 g/mol. The number of rotatable bonds is 10. The van der Waals surface area contributed by atoms with Crippen LogP contribution in [0.25, 0.3) is 0 Å². The first-order valence-electron chi connectivity index (χ1n) is 11.8. The van der Waals surface area contributed by atoms with E-state index < -0.39 is 0 Å². The van der Waals surface area contributed by atoms with E-state index in [1.807, 2.05) is 13.1 Å². The van der Waals surface area contributed by atoms with E-state index in [1.165, 1.54) is 77.4 Å². The Labute approximate surface area is 177 Å². The van der Waals surface area contributed by atoms with Gasteiger partial charge in [0.05, 0.1) is 12.3 Å². The molecule has 0 amide bonds. The van der Waals surface area contributed by atoms with Gasteiger partial charge in [0.15, 0.2) is 5.96 Å². The molecule has 2 N–H and O–H groups in total. The van der Waals surface area contributed by atoms with Crippen molar-refractivity contribution in [3.05, 3.63) is 24.2 Å². The van der Waals surface area contributed by atoms with Gasteiger partial charge in [0.25, 0.3) is 0 Å². The lowest BCUT2D eigenvalue weighted by Gasteiger charge is -2.33. The van der Waals surface area contributed by atoms with Gasteiger partial charge >= 0.3 is 0 Å². The third-order valence-electron chi connectivity index (χ3n) is 6.28. The highest BCUT2D eigenvalue weighted by Crippen LogP contribution is 2.24. The summed E-state index contributed by atoms with van der Waals surface area (Å²) in [4.78, 5) is 9.59. The lowest BCUT2D eigenvalue weighted by molar-refractivity contribution is 0.146. The van der Waals surface area contributed by atoms with Crippen LogP contribution in [0.5, 0.6) is 0 Å². The van der Waals surface area contributed by atoms with Crippen LogP contribution in [0, 0.1) is 0 Å². The average molecular weight is 404 g/mol. The highest BCUT2D eigenvalue weighted by molar-refractivity contribution is 5.79. The molecule has 1 unspecified atom stereocenters. The SMILES string of the molecule is CN=C(NCCCCCN1CCCCC1)NCC(c1ccco1)N1CCCCC1. The van der Waals surface area contributed by atoms with Crippen molar-refractivity contribution in [2.45, 2.75) is 63.8 Å². The number of hydrogen-bond acceptors (Lipinski definition) is 4. The third kappa shape index (κ3) is 7.67. The molecule has 2 aliphatic rings. The molecule has 0 radical (unpaired) electrons. The molecule has 6 nitrogen and oxygen atoms in total. The van der Waals surface area contributed by atoms with Crippen LogP contribution >= 0.6 is 0 Å². The van der Waals surface area contributed by atoms with Crippen LogP contribution < -0.4 is 10.6 Å². The molecule has 1 aromatic heterocycles. The standard InChI is InChI=1S/C23H41N5O/c1-24-23(25-13-5-2-6-14-27-15-7-3-8-16-27)26-20-21(22-12-11-19-29-22)28-17-9-4-10-18-28/h11-12,19,21H,2-10,13-18,20H2,1H3,(H2,24,25,26). The molecule has 1 aromatic rings. The summed E-state index contributed by atoms with van der Waals surface area (Å²) in [6.45, 7) is 7.99. The second kappa shape index (κ2) is 12.9. The van der Waals surface area contributed by atoms with Gasteiger partial charge in [-0.25, -0.2) is 0 Å². The minimum absolute atomic E-state index is 0.272. The molecule has 0 aliphatic carbocycles. The molecular formula is C23H41N5O. The highest BCUT2D eigenvalue weighted by atomic mass is 16.3. The van der Waals surface area contributed by atoms with E-state index in [9.17, 15) is 0 Å². The predicted molar refractivity (Wildman–Crippen MR) is 120 cm³/mol. The van der Waals surface area contributed by atoms with Gasteiger partial charge in [-0.2, -0.15) is 0 Å². The van der Waals surface area contributed by atoms with Crippen LogP contribution in [0.3, 0.4) is 0 Å². The normalized spacial score (nSPS) is 20.5. The second-order valence-electron chi connectivity index (χ2n) is 8.47. The number of unbranched alkanes of at least 4 members (excludes halogenated alkanes) is 2. The van der Waals surface area contributed by atoms with Crippen molar-refractivity contribution in [1.82, 2.24) is 20.4 Å². The van der Waals surface area contributed by atoms with E-state index in [1.54, 1.807) is 6.26 Å². The zero-order chi connectivity index (χ0) is 20.2. The molecule has 0 spiro atoms. The first-order chi connectivity index (χ1) is 14.4. The molecule has 2 aliphatic heterocycles. The molecule has 2 saturated heterocycles. The molecule has 0 saturated carbocycles. The Hall–Kier alpha value is -1.53. The molecule has 2 fully saturated rings. The zero-order valence-electron chi connectivity index (χ0n) is 18.4. The number of nitrogens with one attached hydrogen (secondary N) is 2. The zero-order valence-corrected chi connectivity index (χ0v) is 18.4. The van der Waals surface area contributed by atoms with Crippen molar-refractivity contribution < 1.29 is 4.42 Å². The lowest BCUT2D eigenvalue weighted by atomic mass is 10.1. The first kappa shape index (κ1) is 22.2. The minimum atomic E-state index is 0.272. The number of furan rings is 1. The molecule has 0 bridgehead atoms. The summed E-state index contributed by atoms with van der Waals surface area (Å²) in [7, 11) is 1.86. The molecule has 3 rings (SSSR count). The molecule has 3 heterocycles. The third-order valence-corrected chi connectivity index (χ3v) is 6.28. The van der Waals surface area contributed by atoms with Gasteiger partial charge in [-0.15, -0.1) is 0 Å². The number of hydrogen-bond donors (Lipinski definition) is 2. The van der Waals surface area contributed by atoms with Gasteiger partial charge in [-0.3, -0.25) is 9.89 Å². The molecule has 0 aromatic carbocycles. The maximum absolute atomic E-state index is 5.74. The van der Waals surface area contributed by atoms with Crippen molar-refractivity contribution in [2.24, 2.45) is 4.99 Å². The van der Waals surface area contributed by atoms with Crippen molar-refractivity contribution in [3.8, 4) is 0 Å². The quantitative estimate of drug-likeness (QED) is 0.355. The summed E-state index contributed by atoms with van der Waals surface area (Å²) in [6.07, 6.45) is 13.7. The van der Waals surface area contributed by atoms with Gasteiger partial charge in [0.2, 0.25) is 0 Å². The van der Waals surface area contributed by atoms with Crippen molar-refractivity contribution >= 4 is 5.96 Å². The number of aliphatic imine (C=N–C) groups is 1. The van der Waals surface area contributed by atoms with Gasteiger partial charge < -0.3 is 20.0 Å². The van der Waals surface area contributed by atoms with Crippen LogP contribution in [-0.2, 0) is 0 Å². The van der Waals surface area contributed by atoms with E-state index in [0.717, 1.165) is 37.9 Å².